The van der Waals surface area contributed by atoms with Gasteiger partial charge in [0, 0.05) is 11.1 Å². The zero-order valence-corrected chi connectivity index (χ0v) is 14.8. The number of benzene rings is 1. The quantitative estimate of drug-likeness (QED) is 0.465. The van der Waals surface area contributed by atoms with E-state index in [0.717, 1.165) is 22.8 Å². The molecule has 1 aromatic carbocycles. The molecule has 7 nitrogen and oxygen atoms in total. The summed E-state index contributed by atoms with van der Waals surface area (Å²) < 4.78 is 36.0. The average Bonchev–Trinajstić information content (AvgIpc) is 3.09. The second kappa shape index (κ2) is 7.12. The fourth-order valence-corrected chi connectivity index (χ4v) is 3.45. The van der Waals surface area contributed by atoms with Crippen LogP contribution in [0.15, 0.2) is 36.5 Å². The molecule has 9 heteroatoms. The van der Waals surface area contributed by atoms with E-state index in [1.165, 1.54) is 22.4 Å². The molecule has 0 N–H and O–H groups in total. The third kappa shape index (κ3) is 4.57. The molecule has 0 aliphatic heterocycles. The van der Waals surface area contributed by atoms with E-state index in [1.807, 2.05) is 23.7 Å². The molecule has 1 aliphatic carbocycles. The predicted octanol–water partition coefficient (Wildman–Crippen LogP) is -1.68. The number of allylic oxidation sites excluding steroid dienone is 1. The number of halogens is 1. The van der Waals surface area contributed by atoms with Crippen molar-refractivity contribution in [1.82, 2.24) is 10.1 Å². The van der Waals surface area contributed by atoms with Crippen LogP contribution in [0.4, 0.5) is 0 Å². The Bertz CT molecular complexity index is 916. The molecule has 0 atom stereocenters. The van der Waals surface area contributed by atoms with Crippen molar-refractivity contribution in [1.29, 1.82) is 0 Å². The molecule has 0 spiro atoms. The second-order valence-corrected chi connectivity index (χ2v) is 7.32. The molecule has 130 valence electrons. The van der Waals surface area contributed by atoms with Crippen LogP contribution < -0.4 is 23.2 Å². The maximum absolute atomic E-state index is 8.49. The summed E-state index contributed by atoms with van der Waals surface area (Å²) in [6.45, 7) is 2.03. The minimum atomic E-state index is -4.94. The normalized spacial score (nSPS) is 15.2. The first-order chi connectivity index (χ1) is 11.8. The molecule has 0 saturated carbocycles. The van der Waals surface area contributed by atoms with Crippen molar-refractivity contribution in [3.8, 4) is 0 Å². The fraction of sp³-hybridized carbons (Fsp3) is 0.188. The van der Waals surface area contributed by atoms with Crippen molar-refractivity contribution in [3.05, 3.63) is 58.4 Å². The fourth-order valence-electron chi connectivity index (χ4n) is 2.74. The molecule has 2 heterocycles. The predicted molar refractivity (Wildman–Crippen MR) is 80.4 cm³/mol. The Kier molecular flexibility index (Phi) is 5.09. The SMILES string of the molecule is Cc1n[n+]2c3c(cnc2s1)CC/C3=C\c1ccccc1.[O-][Cl+3]([O-])([O-])[O-]. The molecular formula is C16H14ClN3O4S. The van der Waals surface area contributed by atoms with Gasteiger partial charge in [0.2, 0.25) is 0 Å². The highest BCUT2D eigenvalue weighted by Gasteiger charge is 2.27. The summed E-state index contributed by atoms with van der Waals surface area (Å²) in [5.74, 6) is 0. The number of hydrogen-bond donors (Lipinski definition) is 0. The Morgan fingerprint density at radius 1 is 1.12 bits per heavy atom. The van der Waals surface area contributed by atoms with Crippen LogP contribution in [-0.2, 0) is 6.42 Å². The van der Waals surface area contributed by atoms with Crippen LogP contribution in [0.5, 0.6) is 0 Å². The molecule has 0 bridgehead atoms. The van der Waals surface area contributed by atoms with E-state index >= 15 is 0 Å². The van der Waals surface area contributed by atoms with E-state index in [4.69, 9.17) is 18.6 Å². The van der Waals surface area contributed by atoms with Crippen LogP contribution in [0.2, 0.25) is 0 Å². The van der Waals surface area contributed by atoms with E-state index in [2.05, 4.69) is 40.4 Å². The Morgan fingerprint density at radius 3 is 2.48 bits per heavy atom. The highest BCUT2D eigenvalue weighted by molar-refractivity contribution is 7.16. The molecule has 2 aromatic heterocycles. The highest BCUT2D eigenvalue weighted by atomic mass is 35.7. The molecular weight excluding hydrogens is 366 g/mol. The lowest BCUT2D eigenvalue weighted by Crippen LogP contribution is -2.68. The van der Waals surface area contributed by atoms with Gasteiger partial charge >= 0.3 is 4.96 Å². The summed E-state index contributed by atoms with van der Waals surface area (Å²) in [5.41, 5.74) is 5.14. The van der Waals surface area contributed by atoms with E-state index < -0.39 is 10.2 Å². The number of fused-ring (bicyclic) bond motifs is 3. The topological polar surface area (TPSA) is 122 Å². The van der Waals surface area contributed by atoms with Gasteiger partial charge in [-0.15, -0.1) is 10.2 Å². The van der Waals surface area contributed by atoms with Crippen molar-refractivity contribution in [3.63, 3.8) is 0 Å². The number of rotatable bonds is 1. The monoisotopic (exact) mass is 379 g/mol. The Balaban J connectivity index is 0.000000324. The van der Waals surface area contributed by atoms with Crippen LogP contribution in [0.25, 0.3) is 16.6 Å². The minimum Gasteiger partial charge on any atom is -0.222 e. The molecule has 0 unspecified atom stereocenters. The molecule has 1 aliphatic rings. The lowest BCUT2D eigenvalue weighted by molar-refractivity contribution is -2.00. The Labute approximate surface area is 149 Å². The maximum atomic E-state index is 8.49. The molecule has 0 saturated heterocycles. The number of aryl methyl sites for hydroxylation is 2. The van der Waals surface area contributed by atoms with Gasteiger partial charge in [-0.2, -0.15) is 0 Å². The molecule has 3 aromatic rings. The summed E-state index contributed by atoms with van der Waals surface area (Å²) in [6.07, 6.45) is 6.40. The third-order valence-corrected chi connectivity index (χ3v) is 4.45. The number of hydrogen-bond acceptors (Lipinski definition) is 7. The first kappa shape index (κ1) is 17.9. The van der Waals surface area contributed by atoms with Crippen molar-refractivity contribution < 1.29 is 33.4 Å². The van der Waals surface area contributed by atoms with Gasteiger partial charge in [-0.3, -0.25) is 0 Å². The minimum absolute atomic E-state index is 0.974. The van der Waals surface area contributed by atoms with Crippen LogP contribution in [-0.4, -0.2) is 10.1 Å². The molecule has 0 radical (unpaired) electrons. The summed E-state index contributed by atoms with van der Waals surface area (Å²) >= 11 is 1.64. The summed E-state index contributed by atoms with van der Waals surface area (Å²) in [5, 5.41) is 5.66. The number of aromatic nitrogens is 3. The van der Waals surface area contributed by atoms with Crippen LogP contribution in [0, 0.1) is 17.2 Å². The lowest BCUT2D eigenvalue weighted by atomic mass is 10.1. The largest absolute Gasteiger partial charge is 0.410 e. The van der Waals surface area contributed by atoms with E-state index in [0.29, 0.717) is 0 Å². The van der Waals surface area contributed by atoms with Crippen LogP contribution in [0.3, 0.4) is 0 Å². The maximum Gasteiger partial charge on any atom is 0.410 e. The van der Waals surface area contributed by atoms with Gasteiger partial charge in [-0.25, -0.2) is 18.6 Å². The summed E-state index contributed by atoms with van der Waals surface area (Å²) in [7, 11) is -4.94. The zero-order valence-electron chi connectivity index (χ0n) is 13.2. The molecule has 4 rings (SSSR count). The van der Waals surface area contributed by atoms with Crippen molar-refractivity contribution in [2.24, 2.45) is 0 Å². The second-order valence-electron chi connectivity index (χ2n) is 5.41. The molecule has 0 fully saturated rings. The van der Waals surface area contributed by atoms with Gasteiger partial charge in [-0.1, -0.05) is 39.9 Å². The Hall–Kier alpha value is -1.94. The van der Waals surface area contributed by atoms with E-state index in [9.17, 15) is 0 Å². The smallest absolute Gasteiger partial charge is 0.222 e. The van der Waals surface area contributed by atoms with E-state index in [-0.39, 0.29) is 0 Å². The summed E-state index contributed by atoms with van der Waals surface area (Å²) in [6, 6.07) is 10.5. The molecule has 25 heavy (non-hydrogen) atoms. The van der Waals surface area contributed by atoms with Gasteiger partial charge in [0.1, 0.15) is 11.2 Å². The molecule has 0 amide bonds. The Morgan fingerprint density at radius 2 is 1.80 bits per heavy atom. The van der Waals surface area contributed by atoms with Gasteiger partial charge in [0.25, 0.3) is 0 Å². The zero-order chi connectivity index (χ0) is 18.0. The van der Waals surface area contributed by atoms with Crippen LogP contribution >= 0.6 is 11.3 Å². The van der Waals surface area contributed by atoms with Crippen molar-refractivity contribution in [2.45, 2.75) is 19.8 Å². The standard InChI is InChI=1S/C16H14N3S.ClHO4/c1-11-18-19-15-13(9-12-5-3-2-4-6-12)7-8-14(15)10-17-16(19)20-11;2-1(3,4)5/h2-6,9-10H,7-8H2,1H3;(H,2,3,4,5)/q+1;/p-1/b13-9+;. The van der Waals surface area contributed by atoms with Crippen LogP contribution in [0.1, 0.15) is 28.2 Å². The van der Waals surface area contributed by atoms with Crippen molar-refractivity contribution >= 4 is 27.9 Å². The average molecular weight is 380 g/mol. The van der Waals surface area contributed by atoms with E-state index in [1.54, 1.807) is 11.3 Å². The van der Waals surface area contributed by atoms with Gasteiger partial charge in [0.15, 0.2) is 5.69 Å². The third-order valence-electron chi connectivity index (χ3n) is 3.62. The van der Waals surface area contributed by atoms with Gasteiger partial charge in [-0.05, 0) is 47.7 Å². The van der Waals surface area contributed by atoms with Crippen molar-refractivity contribution in [2.75, 3.05) is 0 Å². The first-order valence-electron chi connectivity index (χ1n) is 7.36. The number of nitrogens with zero attached hydrogens (tertiary/aromatic N) is 3. The first-order valence-corrected chi connectivity index (χ1v) is 9.41. The van der Waals surface area contributed by atoms with Gasteiger partial charge in [0.05, 0.1) is 0 Å². The lowest BCUT2D eigenvalue weighted by Gasteiger charge is -2.17. The summed E-state index contributed by atoms with van der Waals surface area (Å²) in [4.78, 5) is 5.48. The van der Waals surface area contributed by atoms with Gasteiger partial charge < -0.3 is 0 Å². The highest BCUT2D eigenvalue weighted by Crippen LogP contribution is 2.31.